The number of alkyl halides is 1. The molecule has 18 heavy (non-hydrogen) atoms. The number of methoxy groups -OCH3 is 1. The summed E-state index contributed by atoms with van der Waals surface area (Å²) in [5.41, 5.74) is 0.709. The van der Waals surface area contributed by atoms with Gasteiger partial charge in [0, 0.05) is 27.0 Å². The molecule has 0 aromatic heterocycles. The predicted molar refractivity (Wildman–Crippen MR) is 77.4 cm³/mol. The fourth-order valence-electron chi connectivity index (χ4n) is 1.72. The maximum absolute atomic E-state index is 11.7. The Bertz CT molecular complexity index is 490. The second-order valence-corrected chi connectivity index (χ2v) is 7.45. The highest BCUT2D eigenvalue weighted by Gasteiger charge is 2.17. The first-order valence-electron chi connectivity index (χ1n) is 5.49. The second kappa shape index (κ2) is 6.54. The van der Waals surface area contributed by atoms with Gasteiger partial charge < -0.3 is 9.64 Å². The number of para-hydroxylation sites is 1. The van der Waals surface area contributed by atoms with E-state index in [-0.39, 0.29) is 4.83 Å². The first-order chi connectivity index (χ1) is 8.36. The van der Waals surface area contributed by atoms with E-state index in [0.717, 1.165) is 0 Å². The fourth-order valence-corrected chi connectivity index (χ4v) is 3.34. The monoisotopic (exact) mass is 335 g/mol. The molecule has 1 aromatic carbocycles. The van der Waals surface area contributed by atoms with Gasteiger partial charge in [-0.15, -0.1) is 0 Å². The number of nitrogens with zero attached hydrogens (tertiary/aromatic N) is 1. The number of sulfone groups is 1. The number of rotatable bonds is 6. The van der Waals surface area contributed by atoms with Crippen molar-refractivity contribution in [3.05, 3.63) is 24.3 Å². The Labute approximate surface area is 117 Å². The first kappa shape index (κ1) is 15.5. The number of halogens is 1. The molecule has 1 unspecified atom stereocenters. The third kappa shape index (κ3) is 4.26. The molecule has 0 aliphatic rings. The Morgan fingerprint density at radius 2 is 2.00 bits per heavy atom. The van der Waals surface area contributed by atoms with Crippen molar-refractivity contribution in [3.63, 3.8) is 0 Å². The fraction of sp³-hybridized carbons (Fsp3) is 0.500. The average molecular weight is 336 g/mol. The Balaban J connectivity index is 2.96. The molecule has 0 aliphatic heterocycles. The second-order valence-electron chi connectivity index (χ2n) is 4.17. The van der Waals surface area contributed by atoms with Crippen LogP contribution in [0.2, 0.25) is 0 Å². The maximum atomic E-state index is 11.7. The van der Waals surface area contributed by atoms with Gasteiger partial charge in [0.1, 0.15) is 0 Å². The van der Waals surface area contributed by atoms with Crippen molar-refractivity contribution in [2.75, 3.05) is 38.5 Å². The van der Waals surface area contributed by atoms with E-state index < -0.39 is 9.84 Å². The minimum Gasteiger partial charge on any atom is -0.383 e. The summed E-state index contributed by atoms with van der Waals surface area (Å²) >= 11 is 3.49. The van der Waals surface area contributed by atoms with Crippen molar-refractivity contribution >= 4 is 31.5 Å². The van der Waals surface area contributed by atoms with Crippen LogP contribution in [0.1, 0.15) is 0 Å². The van der Waals surface area contributed by atoms with Gasteiger partial charge >= 0.3 is 0 Å². The zero-order valence-electron chi connectivity index (χ0n) is 10.8. The average Bonchev–Trinajstić information content (AvgIpc) is 2.28. The molecule has 1 atom stereocenters. The summed E-state index contributed by atoms with van der Waals surface area (Å²) in [6.45, 7) is 1.24. The number of anilines is 1. The molecule has 0 fully saturated rings. The maximum Gasteiger partial charge on any atom is 0.177 e. The summed E-state index contributed by atoms with van der Waals surface area (Å²) in [5.74, 6) is 0. The number of ether oxygens (including phenoxy) is 1. The van der Waals surface area contributed by atoms with E-state index in [9.17, 15) is 8.42 Å². The zero-order valence-corrected chi connectivity index (χ0v) is 13.2. The summed E-state index contributed by atoms with van der Waals surface area (Å²) < 4.78 is 28.5. The molecule has 0 radical (unpaired) electrons. The van der Waals surface area contributed by atoms with Crippen molar-refractivity contribution in [3.8, 4) is 0 Å². The molecule has 0 saturated carbocycles. The molecular formula is C12H18BrNO3S. The molecule has 102 valence electrons. The van der Waals surface area contributed by atoms with Crippen molar-refractivity contribution in [2.24, 2.45) is 0 Å². The summed E-state index contributed by atoms with van der Waals surface area (Å²) in [6, 6.07) is 7.00. The van der Waals surface area contributed by atoms with Gasteiger partial charge in [-0.2, -0.15) is 0 Å². The quantitative estimate of drug-likeness (QED) is 0.745. The highest BCUT2D eigenvalue weighted by Crippen LogP contribution is 2.24. The van der Waals surface area contributed by atoms with Crippen LogP contribution < -0.4 is 4.90 Å². The van der Waals surface area contributed by atoms with Crippen molar-refractivity contribution in [1.29, 1.82) is 0 Å². The van der Waals surface area contributed by atoms with Gasteiger partial charge in [0.2, 0.25) is 0 Å². The Kier molecular flexibility index (Phi) is 5.62. The van der Waals surface area contributed by atoms with Crippen LogP contribution in [0.5, 0.6) is 0 Å². The molecule has 1 rings (SSSR count). The van der Waals surface area contributed by atoms with Crippen LogP contribution in [0.15, 0.2) is 29.2 Å². The lowest BCUT2D eigenvalue weighted by Crippen LogP contribution is -2.29. The highest BCUT2D eigenvalue weighted by molar-refractivity contribution is 9.09. The van der Waals surface area contributed by atoms with Gasteiger partial charge in [-0.25, -0.2) is 8.42 Å². The van der Waals surface area contributed by atoms with Crippen molar-refractivity contribution in [2.45, 2.75) is 9.72 Å². The largest absolute Gasteiger partial charge is 0.383 e. The van der Waals surface area contributed by atoms with E-state index in [1.807, 2.05) is 24.1 Å². The van der Waals surface area contributed by atoms with Gasteiger partial charge in [0.05, 0.1) is 22.0 Å². The van der Waals surface area contributed by atoms with Crippen molar-refractivity contribution < 1.29 is 13.2 Å². The van der Waals surface area contributed by atoms with E-state index >= 15 is 0 Å². The molecule has 0 heterocycles. The summed E-state index contributed by atoms with van der Waals surface area (Å²) in [7, 11) is 0.292. The molecule has 4 nitrogen and oxygen atoms in total. The standard InChI is InChI=1S/C12H18BrNO3S/c1-14(8-10(13)9-17-2)11-6-4-5-7-12(11)18(3,15)16/h4-7,10H,8-9H2,1-3H3. The zero-order chi connectivity index (χ0) is 13.8. The van der Waals surface area contributed by atoms with E-state index in [1.165, 1.54) is 6.26 Å². The molecule has 0 aliphatic carbocycles. The van der Waals surface area contributed by atoms with E-state index in [1.54, 1.807) is 19.2 Å². The predicted octanol–water partition coefficient (Wildman–Crippen LogP) is 1.94. The van der Waals surface area contributed by atoms with E-state index in [4.69, 9.17) is 4.74 Å². The number of benzene rings is 1. The van der Waals surface area contributed by atoms with Crippen LogP contribution in [0.25, 0.3) is 0 Å². The molecule has 1 aromatic rings. The van der Waals surface area contributed by atoms with Crippen LogP contribution in [-0.4, -0.2) is 46.8 Å². The van der Waals surface area contributed by atoms with Gasteiger partial charge in [0.15, 0.2) is 9.84 Å². The Hall–Kier alpha value is -0.590. The van der Waals surface area contributed by atoms with Crippen LogP contribution in [-0.2, 0) is 14.6 Å². The first-order valence-corrected chi connectivity index (χ1v) is 8.30. The lowest BCUT2D eigenvalue weighted by molar-refractivity contribution is 0.201. The van der Waals surface area contributed by atoms with Crippen LogP contribution in [0, 0.1) is 0 Å². The molecule has 0 amide bonds. The highest BCUT2D eigenvalue weighted by atomic mass is 79.9. The third-order valence-corrected chi connectivity index (χ3v) is 4.19. The van der Waals surface area contributed by atoms with Gasteiger partial charge in [0.25, 0.3) is 0 Å². The smallest absolute Gasteiger partial charge is 0.177 e. The van der Waals surface area contributed by atoms with Gasteiger partial charge in [-0.1, -0.05) is 28.1 Å². The van der Waals surface area contributed by atoms with Crippen molar-refractivity contribution in [1.82, 2.24) is 0 Å². The lowest BCUT2D eigenvalue weighted by Gasteiger charge is -2.24. The molecule has 6 heteroatoms. The minimum atomic E-state index is -3.21. The van der Waals surface area contributed by atoms with Gasteiger partial charge in [-0.3, -0.25) is 0 Å². The van der Waals surface area contributed by atoms with Gasteiger partial charge in [-0.05, 0) is 12.1 Å². The Morgan fingerprint density at radius 3 is 2.56 bits per heavy atom. The molecule has 0 saturated heterocycles. The molecule has 0 bridgehead atoms. The van der Waals surface area contributed by atoms with Crippen LogP contribution in [0.3, 0.4) is 0 Å². The lowest BCUT2D eigenvalue weighted by atomic mass is 10.3. The Morgan fingerprint density at radius 1 is 1.39 bits per heavy atom. The number of hydrogen-bond acceptors (Lipinski definition) is 4. The summed E-state index contributed by atoms with van der Waals surface area (Å²) in [4.78, 5) is 2.42. The summed E-state index contributed by atoms with van der Waals surface area (Å²) in [5, 5.41) is 0. The third-order valence-electron chi connectivity index (χ3n) is 2.50. The number of hydrogen-bond donors (Lipinski definition) is 0. The normalized spacial score (nSPS) is 13.3. The van der Waals surface area contributed by atoms with Crippen LogP contribution in [0.4, 0.5) is 5.69 Å². The minimum absolute atomic E-state index is 0.153. The SMILES string of the molecule is COCC(Br)CN(C)c1ccccc1S(C)(=O)=O. The van der Waals surface area contributed by atoms with E-state index in [0.29, 0.717) is 23.7 Å². The van der Waals surface area contributed by atoms with Crippen LogP contribution >= 0.6 is 15.9 Å². The summed E-state index contributed by atoms with van der Waals surface area (Å²) in [6.07, 6.45) is 1.22. The molecule has 0 N–H and O–H groups in total. The van der Waals surface area contributed by atoms with E-state index in [2.05, 4.69) is 15.9 Å². The topological polar surface area (TPSA) is 46.6 Å². The molecule has 0 spiro atoms. The molecular weight excluding hydrogens is 318 g/mol.